The van der Waals surface area contributed by atoms with E-state index in [0.717, 1.165) is 0 Å². The van der Waals surface area contributed by atoms with Crippen molar-refractivity contribution in [1.82, 2.24) is 9.38 Å². The smallest absolute Gasteiger partial charge is 0.243 e. The molecule has 0 fully saturated rings. The number of halogens is 2. The van der Waals surface area contributed by atoms with Crippen molar-refractivity contribution in [3.63, 3.8) is 0 Å². The molecule has 6 heteroatoms. The van der Waals surface area contributed by atoms with Gasteiger partial charge in [-0.1, -0.05) is 6.07 Å². The molecule has 1 atom stereocenters. The summed E-state index contributed by atoms with van der Waals surface area (Å²) in [6.07, 6.45) is 1.80. The number of hydrogen-bond donors (Lipinski definition) is 1. The number of nitrogens with zero attached hydrogens (tertiary/aromatic N) is 2. The molecule has 22 heavy (non-hydrogen) atoms. The molecule has 112 valence electrons. The molecule has 1 N–H and O–H groups in total. The van der Waals surface area contributed by atoms with Crippen molar-refractivity contribution in [2.45, 2.75) is 12.3 Å². The van der Waals surface area contributed by atoms with Gasteiger partial charge in [-0.3, -0.25) is 9.20 Å². The maximum Gasteiger partial charge on any atom is 0.243 e. The third-order valence-corrected chi connectivity index (χ3v) is 3.45. The molecule has 1 amide bonds. The van der Waals surface area contributed by atoms with Crippen LogP contribution in [-0.4, -0.2) is 20.7 Å². The van der Waals surface area contributed by atoms with Gasteiger partial charge in [0.2, 0.25) is 5.91 Å². The summed E-state index contributed by atoms with van der Waals surface area (Å²) in [4.78, 5) is 16.5. The first kappa shape index (κ1) is 14.5. The number of amides is 1. The number of imidazole rings is 1. The zero-order valence-corrected chi connectivity index (χ0v) is 12.5. The van der Waals surface area contributed by atoms with Crippen LogP contribution in [0, 0.1) is 5.82 Å². The van der Waals surface area contributed by atoms with E-state index in [4.69, 9.17) is 11.6 Å². The van der Waals surface area contributed by atoms with Gasteiger partial charge in [-0.2, -0.15) is 0 Å². The largest absolute Gasteiger partial charge is 0.309 e. The minimum atomic E-state index is -0.671. The lowest BCUT2D eigenvalue weighted by Crippen LogP contribution is -2.21. The zero-order chi connectivity index (χ0) is 15.7. The number of hydrogen-bond acceptors (Lipinski definition) is 2. The number of aromatic nitrogens is 2. The quantitative estimate of drug-likeness (QED) is 0.749. The lowest BCUT2D eigenvalue weighted by atomic mass is 10.1. The van der Waals surface area contributed by atoms with Crippen molar-refractivity contribution < 1.29 is 9.18 Å². The average molecular weight is 318 g/mol. The second kappa shape index (κ2) is 5.77. The Morgan fingerprint density at radius 1 is 1.27 bits per heavy atom. The van der Waals surface area contributed by atoms with Crippen LogP contribution in [0.4, 0.5) is 10.2 Å². The molecule has 0 aliphatic heterocycles. The van der Waals surface area contributed by atoms with Gasteiger partial charge >= 0.3 is 0 Å². The number of alkyl halides is 1. The van der Waals surface area contributed by atoms with Gasteiger partial charge < -0.3 is 5.32 Å². The Labute approximate surface area is 131 Å². The Kier molecular flexibility index (Phi) is 3.81. The molecular formula is C16H13ClFN3O. The fraction of sp³-hybridized carbons (Fsp3) is 0.125. The first-order valence-electron chi connectivity index (χ1n) is 6.74. The monoisotopic (exact) mass is 317 g/mol. The molecule has 3 rings (SSSR count). The number of pyridine rings is 1. The zero-order valence-electron chi connectivity index (χ0n) is 11.8. The van der Waals surface area contributed by atoms with Gasteiger partial charge in [0.1, 0.15) is 28.4 Å². The summed E-state index contributed by atoms with van der Waals surface area (Å²) in [5.41, 5.74) is 1.96. The van der Waals surface area contributed by atoms with Gasteiger partial charge in [0, 0.05) is 11.8 Å². The molecule has 1 aromatic carbocycles. The number of nitrogens with one attached hydrogen (secondary N) is 1. The number of benzene rings is 1. The van der Waals surface area contributed by atoms with E-state index in [-0.39, 0.29) is 11.7 Å². The molecule has 2 aromatic heterocycles. The molecule has 0 aliphatic carbocycles. The molecule has 0 aliphatic rings. The summed E-state index contributed by atoms with van der Waals surface area (Å²) in [6.45, 7) is 1.59. The molecule has 2 heterocycles. The van der Waals surface area contributed by atoms with Crippen LogP contribution >= 0.6 is 11.6 Å². The van der Waals surface area contributed by atoms with Gasteiger partial charge in [-0.15, -0.1) is 11.6 Å². The first-order chi connectivity index (χ1) is 10.6. The maximum atomic E-state index is 13.1. The van der Waals surface area contributed by atoms with Gasteiger partial charge in [-0.05, 0) is 43.3 Å². The van der Waals surface area contributed by atoms with Crippen LogP contribution in [0.25, 0.3) is 16.9 Å². The Hall–Kier alpha value is -2.40. The molecule has 0 saturated carbocycles. The summed E-state index contributed by atoms with van der Waals surface area (Å²) < 4.78 is 14.9. The van der Waals surface area contributed by atoms with E-state index in [9.17, 15) is 9.18 Å². The Bertz CT molecular complexity index is 827. The van der Waals surface area contributed by atoms with E-state index >= 15 is 0 Å². The predicted octanol–water partition coefficient (Wildman–Crippen LogP) is 3.71. The number of carbonyl (C=O) groups excluding carboxylic acids is 1. The highest BCUT2D eigenvalue weighted by atomic mass is 35.5. The van der Waals surface area contributed by atoms with Crippen molar-refractivity contribution in [2.75, 3.05) is 5.32 Å². The number of rotatable bonds is 3. The van der Waals surface area contributed by atoms with E-state index in [1.165, 1.54) is 12.1 Å². The van der Waals surface area contributed by atoms with E-state index in [2.05, 4.69) is 10.3 Å². The molecular weight excluding hydrogens is 305 g/mol. The minimum absolute atomic E-state index is 0.323. The summed E-state index contributed by atoms with van der Waals surface area (Å²) in [5.74, 6) is -0.136. The highest BCUT2D eigenvalue weighted by Crippen LogP contribution is 2.29. The van der Waals surface area contributed by atoms with Crippen LogP contribution in [0.15, 0.2) is 48.7 Å². The van der Waals surface area contributed by atoms with Crippen molar-refractivity contribution in [3.8, 4) is 11.3 Å². The molecule has 0 radical (unpaired) electrons. The lowest BCUT2D eigenvalue weighted by Gasteiger charge is -2.08. The van der Waals surface area contributed by atoms with Crippen molar-refractivity contribution >= 4 is 29.0 Å². The molecule has 0 bridgehead atoms. The summed E-state index contributed by atoms with van der Waals surface area (Å²) >= 11 is 5.82. The number of fused-ring (bicyclic) bond motifs is 1. The number of anilines is 1. The van der Waals surface area contributed by atoms with Gasteiger partial charge in [-0.25, -0.2) is 9.37 Å². The van der Waals surface area contributed by atoms with E-state index in [1.54, 1.807) is 29.7 Å². The normalized spacial score (nSPS) is 12.3. The Morgan fingerprint density at radius 3 is 2.68 bits per heavy atom. The van der Waals surface area contributed by atoms with Crippen molar-refractivity contribution in [2.24, 2.45) is 0 Å². The van der Waals surface area contributed by atoms with E-state index < -0.39 is 5.38 Å². The third-order valence-electron chi connectivity index (χ3n) is 3.25. The molecule has 0 saturated heterocycles. The first-order valence-corrected chi connectivity index (χ1v) is 7.18. The van der Waals surface area contributed by atoms with Gasteiger partial charge in [0.15, 0.2) is 0 Å². The third kappa shape index (κ3) is 2.67. The molecule has 0 spiro atoms. The molecule has 3 aromatic rings. The van der Waals surface area contributed by atoms with Crippen LogP contribution < -0.4 is 5.32 Å². The van der Waals surface area contributed by atoms with Crippen molar-refractivity contribution in [3.05, 3.63) is 54.5 Å². The van der Waals surface area contributed by atoms with Gasteiger partial charge in [0.05, 0.1) is 0 Å². The van der Waals surface area contributed by atoms with Crippen molar-refractivity contribution in [1.29, 1.82) is 0 Å². The second-order valence-corrected chi connectivity index (χ2v) is 5.50. The molecule has 4 nitrogen and oxygen atoms in total. The highest BCUT2D eigenvalue weighted by molar-refractivity contribution is 6.32. The molecule has 0 unspecified atom stereocenters. The van der Waals surface area contributed by atoms with Crippen LogP contribution in [-0.2, 0) is 4.79 Å². The van der Waals surface area contributed by atoms with Crippen LogP contribution in [0.3, 0.4) is 0 Å². The average Bonchev–Trinajstić information content (AvgIpc) is 2.87. The van der Waals surface area contributed by atoms with E-state index in [0.29, 0.717) is 22.7 Å². The fourth-order valence-electron chi connectivity index (χ4n) is 2.14. The highest BCUT2D eigenvalue weighted by Gasteiger charge is 2.18. The van der Waals surface area contributed by atoms with Crippen LogP contribution in [0.5, 0.6) is 0 Å². The topological polar surface area (TPSA) is 46.4 Å². The fourth-order valence-corrected chi connectivity index (χ4v) is 2.20. The summed E-state index contributed by atoms with van der Waals surface area (Å²) in [7, 11) is 0. The van der Waals surface area contributed by atoms with Gasteiger partial charge in [0.25, 0.3) is 0 Å². The summed E-state index contributed by atoms with van der Waals surface area (Å²) in [6, 6.07) is 11.5. The summed E-state index contributed by atoms with van der Waals surface area (Å²) in [5, 5.41) is 2.11. The Balaban J connectivity index is 2.16. The maximum absolute atomic E-state index is 13.1. The predicted molar refractivity (Wildman–Crippen MR) is 84.5 cm³/mol. The second-order valence-electron chi connectivity index (χ2n) is 4.85. The lowest BCUT2D eigenvalue weighted by molar-refractivity contribution is -0.115. The van der Waals surface area contributed by atoms with Crippen LogP contribution in [0.2, 0.25) is 0 Å². The number of carbonyl (C=O) groups is 1. The standard InChI is InChI=1S/C16H13ClFN3O/c1-10(17)16(22)20-15-14(11-5-7-12(18)8-6-11)19-13-4-2-3-9-21(13)15/h2-10H,1H3,(H,20,22)/t10-/m0/s1. The minimum Gasteiger partial charge on any atom is -0.309 e. The SMILES string of the molecule is C[C@H](Cl)C(=O)Nc1c(-c2ccc(F)cc2)nc2ccccn12. The van der Waals surface area contributed by atoms with E-state index in [1.807, 2.05) is 18.2 Å². The van der Waals surface area contributed by atoms with Crippen LogP contribution in [0.1, 0.15) is 6.92 Å². The Morgan fingerprint density at radius 2 is 2.00 bits per heavy atom.